The van der Waals surface area contributed by atoms with Crippen LogP contribution in [0.5, 0.6) is 11.5 Å². The van der Waals surface area contributed by atoms with Crippen molar-refractivity contribution in [3.8, 4) is 11.5 Å². The van der Waals surface area contributed by atoms with Crippen molar-refractivity contribution < 1.29 is 19.1 Å². The minimum atomic E-state index is -0.228. The molecule has 0 fully saturated rings. The van der Waals surface area contributed by atoms with Crippen LogP contribution in [-0.2, 0) is 0 Å². The van der Waals surface area contributed by atoms with Crippen LogP contribution < -0.4 is 20.1 Å². The van der Waals surface area contributed by atoms with Crippen LogP contribution in [0.1, 0.15) is 20.7 Å². The molecular formula is C38H30N2O4. The van der Waals surface area contributed by atoms with E-state index in [1.54, 1.807) is 24.3 Å². The monoisotopic (exact) mass is 578 g/mol. The highest BCUT2D eigenvalue weighted by Crippen LogP contribution is 2.36. The van der Waals surface area contributed by atoms with Gasteiger partial charge in [0.1, 0.15) is 13.2 Å². The zero-order chi connectivity index (χ0) is 30.3. The van der Waals surface area contributed by atoms with Gasteiger partial charge in [-0.1, -0.05) is 104 Å². The number of hydrogen-bond donors (Lipinski definition) is 2. The molecule has 6 heteroatoms. The Bertz CT molecular complexity index is 1830. The van der Waals surface area contributed by atoms with E-state index >= 15 is 0 Å². The first kappa shape index (κ1) is 28.2. The molecule has 2 N–H and O–H groups in total. The van der Waals surface area contributed by atoms with Gasteiger partial charge in [0.15, 0.2) is 11.5 Å². The Kier molecular flexibility index (Phi) is 8.32. The van der Waals surface area contributed by atoms with Crippen LogP contribution in [0.3, 0.4) is 0 Å². The van der Waals surface area contributed by atoms with Gasteiger partial charge in [-0.3, -0.25) is 9.59 Å². The molecule has 6 nitrogen and oxygen atoms in total. The lowest BCUT2D eigenvalue weighted by Crippen LogP contribution is -2.15. The van der Waals surface area contributed by atoms with E-state index in [1.807, 2.05) is 109 Å². The zero-order valence-electron chi connectivity index (χ0n) is 24.0. The van der Waals surface area contributed by atoms with Crippen LogP contribution in [0.25, 0.3) is 21.5 Å². The Hall–Kier alpha value is -5.88. The number of benzene rings is 6. The summed E-state index contributed by atoms with van der Waals surface area (Å²) < 4.78 is 12.6. The second kappa shape index (κ2) is 13.0. The molecule has 6 rings (SSSR count). The first-order valence-corrected chi connectivity index (χ1v) is 14.3. The summed E-state index contributed by atoms with van der Waals surface area (Å²) in [4.78, 5) is 25.9. The lowest BCUT2D eigenvalue weighted by Gasteiger charge is -2.18. The fourth-order valence-corrected chi connectivity index (χ4v) is 4.95. The number of rotatable bonds is 10. The van der Waals surface area contributed by atoms with Crippen LogP contribution in [0.2, 0.25) is 0 Å². The second-order valence-corrected chi connectivity index (χ2v) is 10.3. The number of amides is 2. The van der Waals surface area contributed by atoms with Crippen molar-refractivity contribution in [1.29, 1.82) is 0 Å². The summed E-state index contributed by atoms with van der Waals surface area (Å²) in [7, 11) is 0. The smallest absolute Gasteiger partial charge is 0.255 e. The molecule has 0 unspecified atom stereocenters. The van der Waals surface area contributed by atoms with Gasteiger partial charge in [-0.2, -0.15) is 0 Å². The number of anilines is 2. The normalized spacial score (nSPS) is 10.7. The maximum atomic E-state index is 13.0. The molecule has 0 aliphatic carbocycles. The van der Waals surface area contributed by atoms with Gasteiger partial charge >= 0.3 is 0 Å². The van der Waals surface area contributed by atoms with Gasteiger partial charge < -0.3 is 20.1 Å². The number of nitrogens with one attached hydrogen (secondary N) is 2. The molecule has 6 aromatic carbocycles. The Morgan fingerprint density at radius 3 is 1.32 bits per heavy atom. The second-order valence-electron chi connectivity index (χ2n) is 10.3. The molecule has 0 saturated carbocycles. The Balaban J connectivity index is 1.20. The van der Waals surface area contributed by atoms with Crippen molar-refractivity contribution >= 4 is 44.7 Å². The number of carbonyl (C=O) groups excluding carboxylic acids is 2. The fourth-order valence-electron chi connectivity index (χ4n) is 4.95. The van der Waals surface area contributed by atoms with Crippen LogP contribution in [0.4, 0.5) is 11.4 Å². The highest BCUT2D eigenvalue weighted by molar-refractivity contribution is 6.08. The lowest BCUT2D eigenvalue weighted by atomic mass is 10.1. The van der Waals surface area contributed by atoms with Gasteiger partial charge in [0.05, 0.1) is 11.4 Å². The van der Waals surface area contributed by atoms with Crippen LogP contribution in [0, 0.1) is 0 Å². The molecular weight excluding hydrogens is 548 g/mol. The summed E-state index contributed by atoms with van der Waals surface area (Å²) in [5.41, 5.74) is 2.90. The van der Waals surface area contributed by atoms with Gasteiger partial charge in [-0.15, -0.1) is 0 Å². The van der Waals surface area contributed by atoms with Crippen LogP contribution in [0.15, 0.2) is 146 Å². The van der Waals surface area contributed by atoms with Crippen LogP contribution in [-0.4, -0.2) is 25.0 Å². The zero-order valence-corrected chi connectivity index (χ0v) is 24.0. The van der Waals surface area contributed by atoms with Crippen molar-refractivity contribution in [1.82, 2.24) is 0 Å². The van der Waals surface area contributed by atoms with Gasteiger partial charge in [0, 0.05) is 21.9 Å². The van der Waals surface area contributed by atoms with E-state index in [9.17, 15) is 9.59 Å². The highest BCUT2D eigenvalue weighted by atomic mass is 16.5. The van der Waals surface area contributed by atoms with E-state index < -0.39 is 0 Å². The average Bonchev–Trinajstić information content (AvgIpc) is 3.07. The van der Waals surface area contributed by atoms with Crippen molar-refractivity contribution in [2.75, 3.05) is 23.8 Å². The van der Waals surface area contributed by atoms with Gasteiger partial charge in [0.25, 0.3) is 11.8 Å². The highest BCUT2D eigenvalue weighted by Gasteiger charge is 2.16. The molecule has 6 aromatic rings. The van der Waals surface area contributed by atoms with E-state index in [2.05, 4.69) is 17.2 Å². The van der Waals surface area contributed by atoms with Gasteiger partial charge in [-0.25, -0.2) is 0 Å². The molecule has 0 saturated heterocycles. The van der Waals surface area contributed by atoms with Crippen molar-refractivity contribution in [3.63, 3.8) is 0 Å². The summed E-state index contributed by atoms with van der Waals surface area (Å²) in [6.07, 6.45) is 0. The fraction of sp³-hybridized carbons (Fsp3) is 0.0526. The molecule has 0 atom stereocenters. The standard InChI is InChI=1S/C38H30N2O4/c1-26(24-43-35-31-18-10-8-12-27(31)20-22-33(35)39-37(41)29-14-4-2-5-15-29)25-44-36-32-19-11-9-13-28(32)21-23-34(36)40-38(42)30-16-6-3-7-17-30/h2-23H,1,24-25H2,(H,39,41)(H,40,42). The first-order chi connectivity index (χ1) is 21.6. The molecule has 0 heterocycles. The molecule has 0 radical (unpaired) electrons. The minimum Gasteiger partial charge on any atom is -0.486 e. The summed E-state index contributed by atoms with van der Waals surface area (Å²) in [6.45, 7) is 4.50. The number of carbonyl (C=O) groups is 2. The third-order valence-electron chi connectivity index (χ3n) is 7.17. The maximum absolute atomic E-state index is 13.0. The first-order valence-electron chi connectivity index (χ1n) is 14.3. The predicted molar refractivity (Wildman–Crippen MR) is 177 cm³/mol. The Morgan fingerprint density at radius 2 is 0.886 bits per heavy atom. The Labute approximate surface area is 255 Å². The van der Waals surface area contributed by atoms with E-state index in [0.29, 0.717) is 39.6 Å². The SMILES string of the molecule is C=C(COc1c(NC(=O)c2ccccc2)ccc2ccccc12)COc1c(NC(=O)c2ccccc2)ccc2ccccc12. The number of fused-ring (bicyclic) bond motifs is 2. The molecule has 0 bridgehead atoms. The van der Waals surface area contributed by atoms with Gasteiger partial charge in [-0.05, 0) is 52.7 Å². The van der Waals surface area contributed by atoms with E-state index in [-0.39, 0.29) is 25.0 Å². The quantitative estimate of drug-likeness (QED) is 0.160. The van der Waals surface area contributed by atoms with Crippen LogP contribution >= 0.6 is 0 Å². The van der Waals surface area contributed by atoms with E-state index in [1.165, 1.54) is 0 Å². The third kappa shape index (κ3) is 6.30. The van der Waals surface area contributed by atoms with Crippen molar-refractivity contribution in [3.05, 3.63) is 157 Å². The minimum absolute atomic E-state index is 0.151. The molecule has 0 aliphatic rings. The summed E-state index contributed by atoms with van der Waals surface area (Å²) in [5.74, 6) is 0.645. The van der Waals surface area contributed by atoms with E-state index in [4.69, 9.17) is 9.47 Å². The summed E-state index contributed by atoms with van der Waals surface area (Å²) >= 11 is 0. The third-order valence-corrected chi connectivity index (χ3v) is 7.17. The molecule has 216 valence electrons. The van der Waals surface area contributed by atoms with Crippen molar-refractivity contribution in [2.45, 2.75) is 0 Å². The van der Waals surface area contributed by atoms with E-state index in [0.717, 1.165) is 21.5 Å². The largest absolute Gasteiger partial charge is 0.486 e. The molecule has 44 heavy (non-hydrogen) atoms. The summed E-state index contributed by atoms with van der Waals surface area (Å²) in [6, 6.07) is 41.4. The molecule has 0 aromatic heterocycles. The predicted octanol–water partition coefficient (Wildman–Crippen LogP) is 8.51. The molecule has 0 aliphatic heterocycles. The summed E-state index contributed by atoms with van der Waals surface area (Å²) in [5, 5.41) is 9.69. The molecule has 2 amide bonds. The average molecular weight is 579 g/mol. The molecule has 0 spiro atoms. The maximum Gasteiger partial charge on any atom is 0.255 e. The van der Waals surface area contributed by atoms with Gasteiger partial charge in [0.2, 0.25) is 0 Å². The van der Waals surface area contributed by atoms with Crippen molar-refractivity contribution in [2.24, 2.45) is 0 Å². The Morgan fingerprint density at radius 1 is 0.500 bits per heavy atom. The lowest BCUT2D eigenvalue weighted by molar-refractivity contribution is 0.101. The number of ether oxygens (including phenoxy) is 2. The topological polar surface area (TPSA) is 76.7 Å². The number of hydrogen-bond acceptors (Lipinski definition) is 4.